The summed E-state index contributed by atoms with van der Waals surface area (Å²) in [6, 6.07) is 8.47. The van der Waals surface area contributed by atoms with Gasteiger partial charge >= 0.3 is 6.18 Å². The zero-order valence-corrected chi connectivity index (χ0v) is 13.5. The summed E-state index contributed by atoms with van der Waals surface area (Å²) in [5.74, 6) is 0. The SMILES string of the molecule is C[C@H](NC1CCN(CC(F)(F)F)CC1)c1ccccc1Br. The van der Waals surface area contributed by atoms with E-state index in [9.17, 15) is 13.2 Å². The van der Waals surface area contributed by atoms with E-state index < -0.39 is 12.7 Å². The molecule has 0 radical (unpaired) electrons. The van der Waals surface area contributed by atoms with Crippen LogP contribution in [0.4, 0.5) is 13.2 Å². The molecular formula is C15H20BrF3N2. The Hall–Kier alpha value is -0.590. The van der Waals surface area contributed by atoms with E-state index in [1.165, 1.54) is 10.5 Å². The van der Waals surface area contributed by atoms with Crippen molar-refractivity contribution in [3.63, 3.8) is 0 Å². The van der Waals surface area contributed by atoms with Gasteiger partial charge in [0.2, 0.25) is 0 Å². The first-order chi connectivity index (χ1) is 9.85. The number of likely N-dealkylation sites (tertiary alicyclic amines) is 1. The standard InChI is InChI=1S/C15H20BrF3N2/c1-11(13-4-2-3-5-14(13)16)20-12-6-8-21(9-7-12)10-15(17,18)19/h2-5,11-12,20H,6-10H2,1H3/t11-/m0/s1. The minimum absolute atomic E-state index is 0.180. The van der Waals surface area contributed by atoms with Crippen molar-refractivity contribution in [2.45, 2.75) is 38.0 Å². The van der Waals surface area contributed by atoms with Crippen LogP contribution >= 0.6 is 15.9 Å². The average Bonchev–Trinajstić information content (AvgIpc) is 2.40. The summed E-state index contributed by atoms with van der Waals surface area (Å²) in [4.78, 5) is 1.49. The van der Waals surface area contributed by atoms with Gasteiger partial charge in [-0.3, -0.25) is 4.90 Å². The molecule has 118 valence electrons. The summed E-state index contributed by atoms with van der Waals surface area (Å²) in [6.45, 7) is 2.29. The summed E-state index contributed by atoms with van der Waals surface area (Å²) in [5, 5.41) is 3.52. The molecule has 0 aromatic heterocycles. The van der Waals surface area contributed by atoms with Crippen molar-refractivity contribution in [3.8, 4) is 0 Å². The van der Waals surface area contributed by atoms with Gasteiger partial charge in [0, 0.05) is 16.6 Å². The molecular weight excluding hydrogens is 345 g/mol. The van der Waals surface area contributed by atoms with Crippen molar-refractivity contribution < 1.29 is 13.2 Å². The van der Waals surface area contributed by atoms with Crippen LogP contribution in [0, 0.1) is 0 Å². The van der Waals surface area contributed by atoms with Gasteiger partial charge in [0.05, 0.1) is 6.54 Å². The van der Waals surface area contributed by atoms with Crippen LogP contribution in [0.1, 0.15) is 31.4 Å². The van der Waals surface area contributed by atoms with Gasteiger partial charge in [0.1, 0.15) is 0 Å². The number of piperidine rings is 1. The van der Waals surface area contributed by atoms with Crippen molar-refractivity contribution in [2.75, 3.05) is 19.6 Å². The Labute approximate surface area is 131 Å². The van der Waals surface area contributed by atoms with Gasteiger partial charge in [-0.05, 0) is 44.5 Å². The summed E-state index contributed by atoms with van der Waals surface area (Å²) in [7, 11) is 0. The molecule has 1 saturated heterocycles. The quantitative estimate of drug-likeness (QED) is 0.863. The number of hydrogen-bond acceptors (Lipinski definition) is 2. The summed E-state index contributed by atoms with van der Waals surface area (Å²) in [6.07, 6.45) is -2.59. The lowest BCUT2D eigenvalue weighted by atomic mass is 10.0. The summed E-state index contributed by atoms with van der Waals surface area (Å²) >= 11 is 3.53. The van der Waals surface area contributed by atoms with Crippen molar-refractivity contribution in [1.29, 1.82) is 0 Å². The highest BCUT2D eigenvalue weighted by molar-refractivity contribution is 9.10. The first kappa shape index (κ1) is 16.8. The molecule has 2 nitrogen and oxygen atoms in total. The van der Waals surface area contributed by atoms with Crippen LogP contribution < -0.4 is 5.32 Å². The fraction of sp³-hybridized carbons (Fsp3) is 0.600. The van der Waals surface area contributed by atoms with Crippen molar-refractivity contribution in [1.82, 2.24) is 10.2 Å². The van der Waals surface area contributed by atoms with Crippen LogP contribution in [-0.4, -0.2) is 36.8 Å². The number of hydrogen-bond donors (Lipinski definition) is 1. The molecule has 0 spiro atoms. The van der Waals surface area contributed by atoms with Gasteiger partial charge in [0.15, 0.2) is 0 Å². The number of alkyl halides is 3. The monoisotopic (exact) mass is 364 g/mol. The minimum Gasteiger partial charge on any atom is -0.307 e. The van der Waals surface area contributed by atoms with Gasteiger partial charge < -0.3 is 5.32 Å². The second-order valence-corrected chi connectivity index (χ2v) is 6.43. The predicted octanol–water partition coefficient (Wildman–Crippen LogP) is 4.13. The van der Waals surface area contributed by atoms with E-state index in [1.54, 1.807) is 0 Å². The van der Waals surface area contributed by atoms with E-state index in [1.807, 2.05) is 18.2 Å². The highest BCUT2D eigenvalue weighted by Crippen LogP contribution is 2.25. The van der Waals surface area contributed by atoms with E-state index in [2.05, 4.69) is 34.2 Å². The molecule has 1 atom stereocenters. The lowest BCUT2D eigenvalue weighted by molar-refractivity contribution is -0.148. The Morgan fingerprint density at radius 2 is 1.90 bits per heavy atom. The molecule has 6 heteroatoms. The fourth-order valence-corrected chi connectivity index (χ4v) is 3.41. The highest BCUT2D eigenvalue weighted by atomic mass is 79.9. The second kappa shape index (κ2) is 7.11. The van der Waals surface area contributed by atoms with Gasteiger partial charge in [-0.1, -0.05) is 34.1 Å². The molecule has 1 heterocycles. The number of rotatable bonds is 4. The smallest absolute Gasteiger partial charge is 0.307 e. The van der Waals surface area contributed by atoms with Gasteiger partial charge in [-0.15, -0.1) is 0 Å². The number of nitrogens with zero attached hydrogens (tertiary/aromatic N) is 1. The maximum atomic E-state index is 12.4. The van der Waals surface area contributed by atoms with E-state index in [4.69, 9.17) is 0 Å². The molecule has 21 heavy (non-hydrogen) atoms. The molecule has 0 unspecified atom stereocenters. The molecule has 0 amide bonds. The van der Waals surface area contributed by atoms with Crippen LogP contribution in [0.25, 0.3) is 0 Å². The Kier molecular flexibility index (Phi) is 5.68. The Morgan fingerprint density at radius 3 is 2.48 bits per heavy atom. The number of halogens is 4. The fourth-order valence-electron chi connectivity index (χ4n) is 2.78. The topological polar surface area (TPSA) is 15.3 Å². The first-order valence-corrected chi connectivity index (χ1v) is 7.94. The Morgan fingerprint density at radius 1 is 1.29 bits per heavy atom. The summed E-state index contributed by atoms with van der Waals surface area (Å²) in [5.41, 5.74) is 1.18. The van der Waals surface area contributed by atoms with Crippen LogP contribution in [0.5, 0.6) is 0 Å². The molecule has 1 aliphatic rings. The zero-order chi connectivity index (χ0) is 15.5. The minimum atomic E-state index is -4.09. The molecule has 0 bridgehead atoms. The Balaban J connectivity index is 1.82. The van der Waals surface area contributed by atoms with Gasteiger partial charge in [0.25, 0.3) is 0 Å². The molecule has 1 fully saturated rings. The van der Waals surface area contributed by atoms with E-state index in [0.717, 1.165) is 17.3 Å². The van der Waals surface area contributed by atoms with Crippen LogP contribution in [0.2, 0.25) is 0 Å². The van der Waals surface area contributed by atoms with Crippen molar-refractivity contribution in [3.05, 3.63) is 34.3 Å². The maximum absolute atomic E-state index is 12.4. The normalized spacial score (nSPS) is 19.7. The average molecular weight is 365 g/mol. The molecule has 2 rings (SSSR count). The Bertz CT molecular complexity index is 456. The molecule has 1 aromatic rings. The zero-order valence-electron chi connectivity index (χ0n) is 12.0. The number of nitrogens with one attached hydrogen (secondary N) is 1. The van der Waals surface area contributed by atoms with Crippen LogP contribution in [0.3, 0.4) is 0 Å². The van der Waals surface area contributed by atoms with Crippen molar-refractivity contribution in [2.24, 2.45) is 0 Å². The van der Waals surface area contributed by atoms with E-state index in [-0.39, 0.29) is 12.1 Å². The third-order valence-electron chi connectivity index (χ3n) is 3.85. The largest absolute Gasteiger partial charge is 0.401 e. The highest BCUT2D eigenvalue weighted by Gasteiger charge is 2.32. The third-order valence-corrected chi connectivity index (χ3v) is 4.57. The van der Waals surface area contributed by atoms with E-state index in [0.29, 0.717) is 13.1 Å². The summed E-state index contributed by atoms with van der Waals surface area (Å²) < 4.78 is 38.1. The van der Waals surface area contributed by atoms with Gasteiger partial charge in [-0.2, -0.15) is 13.2 Å². The number of benzene rings is 1. The second-order valence-electron chi connectivity index (χ2n) is 5.58. The molecule has 0 saturated carbocycles. The molecule has 1 aromatic carbocycles. The van der Waals surface area contributed by atoms with Crippen LogP contribution in [0.15, 0.2) is 28.7 Å². The first-order valence-electron chi connectivity index (χ1n) is 7.15. The maximum Gasteiger partial charge on any atom is 0.401 e. The predicted molar refractivity (Wildman–Crippen MR) is 81.2 cm³/mol. The lowest BCUT2D eigenvalue weighted by Crippen LogP contribution is -2.46. The molecule has 1 aliphatic heterocycles. The van der Waals surface area contributed by atoms with Crippen molar-refractivity contribution >= 4 is 15.9 Å². The van der Waals surface area contributed by atoms with Gasteiger partial charge in [-0.25, -0.2) is 0 Å². The molecule has 0 aliphatic carbocycles. The van der Waals surface area contributed by atoms with E-state index >= 15 is 0 Å². The third kappa shape index (κ3) is 5.27. The van der Waals surface area contributed by atoms with Crippen LogP contribution in [-0.2, 0) is 0 Å². The lowest BCUT2D eigenvalue weighted by Gasteiger charge is -2.34. The molecule has 1 N–H and O–H groups in total.